The lowest BCUT2D eigenvalue weighted by molar-refractivity contribution is -0.180. The number of esters is 1. The Hall–Kier alpha value is -3.43. The van der Waals surface area contributed by atoms with E-state index in [-0.39, 0.29) is 18.9 Å². The van der Waals surface area contributed by atoms with E-state index in [0.29, 0.717) is 0 Å². The average molecular weight is 453 g/mol. The molecule has 2 N–H and O–H groups in total. The van der Waals surface area contributed by atoms with E-state index in [1.165, 1.54) is 12.2 Å². The first kappa shape index (κ1) is 22.8. The average Bonchev–Trinajstić information content (AvgIpc) is 3.34. The van der Waals surface area contributed by atoms with Crippen LogP contribution in [0, 0.1) is 0 Å². The van der Waals surface area contributed by atoms with E-state index in [1.807, 2.05) is 36.4 Å². The van der Waals surface area contributed by atoms with Crippen LogP contribution in [0.1, 0.15) is 30.4 Å². The number of methoxy groups -OCH3 is 1. The van der Waals surface area contributed by atoms with E-state index in [4.69, 9.17) is 9.57 Å². The summed E-state index contributed by atoms with van der Waals surface area (Å²) in [6.45, 7) is 1.72. The van der Waals surface area contributed by atoms with Crippen LogP contribution in [0.15, 0.2) is 48.5 Å². The van der Waals surface area contributed by atoms with Crippen molar-refractivity contribution in [1.82, 2.24) is 15.7 Å². The summed E-state index contributed by atoms with van der Waals surface area (Å²) >= 11 is 0. The molecule has 1 aliphatic carbocycles. The van der Waals surface area contributed by atoms with Gasteiger partial charge in [0.1, 0.15) is 18.8 Å². The number of alkyl carbamates (subject to hydrolysis) is 1. The van der Waals surface area contributed by atoms with Crippen LogP contribution in [-0.4, -0.2) is 62.1 Å². The van der Waals surface area contributed by atoms with Crippen molar-refractivity contribution in [3.8, 4) is 11.1 Å². The zero-order valence-corrected chi connectivity index (χ0v) is 18.7. The van der Waals surface area contributed by atoms with Crippen LogP contribution >= 0.6 is 0 Å². The number of rotatable bonds is 6. The molecule has 0 bridgehead atoms. The highest BCUT2D eigenvalue weighted by atomic mass is 16.7. The molecule has 2 amide bonds. The Labute approximate surface area is 191 Å². The fourth-order valence-corrected chi connectivity index (χ4v) is 4.26. The Bertz CT molecular complexity index is 1010. The minimum absolute atomic E-state index is 0.0631. The lowest BCUT2D eigenvalue weighted by atomic mass is 9.98. The number of carbonyl (C=O) groups is 3. The van der Waals surface area contributed by atoms with E-state index in [0.717, 1.165) is 22.3 Å². The molecule has 33 heavy (non-hydrogen) atoms. The number of ether oxygens (including phenoxy) is 2. The number of hydrogen-bond donors (Lipinski definition) is 2. The van der Waals surface area contributed by atoms with E-state index in [1.54, 1.807) is 14.0 Å². The number of nitrogens with one attached hydrogen (secondary N) is 2. The molecule has 174 valence electrons. The van der Waals surface area contributed by atoms with Crippen molar-refractivity contribution in [1.29, 1.82) is 0 Å². The topological polar surface area (TPSA) is 106 Å². The van der Waals surface area contributed by atoms with Crippen LogP contribution in [-0.2, 0) is 23.9 Å². The van der Waals surface area contributed by atoms with E-state index < -0.39 is 36.3 Å². The zero-order chi connectivity index (χ0) is 23.5. The fraction of sp³-hybridized carbons (Fsp3) is 0.375. The Kier molecular flexibility index (Phi) is 6.62. The van der Waals surface area contributed by atoms with Gasteiger partial charge in [0.15, 0.2) is 6.10 Å². The molecule has 0 unspecified atom stereocenters. The van der Waals surface area contributed by atoms with Gasteiger partial charge in [0.05, 0.1) is 7.11 Å². The van der Waals surface area contributed by atoms with E-state index in [9.17, 15) is 14.4 Å². The number of hydroxylamine groups is 2. The third kappa shape index (κ3) is 4.69. The summed E-state index contributed by atoms with van der Waals surface area (Å²) in [6, 6.07) is 15.3. The minimum Gasteiger partial charge on any atom is -0.467 e. The van der Waals surface area contributed by atoms with Gasteiger partial charge in [-0.2, -0.15) is 5.06 Å². The first-order valence-electron chi connectivity index (χ1n) is 10.8. The van der Waals surface area contributed by atoms with E-state index >= 15 is 0 Å². The van der Waals surface area contributed by atoms with Crippen LogP contribution < -0.4 is 10.6 Å². The van der Waals surface area contributed by atoms with Crippen molar-refractivity contribution >= 4 is 18.0 Å². The summed E-state index contributed by atoms with van der Waals surface area (Å²) in [5.74, 6) is -0.996. The third-order valence-electron chi connectivity index (χ3n) is 6.01. The summed E-state index contributed by atoms with van der Waals surface area (Å²) in [6.07, 6.45) is -1.74. The van der Waals surface area contributed by atoms with Gasteiger partial charge >= 0.3 is 12.1 Å². The second-order valence-corrected chi connectivity index (χ2v) is 8.12. The molecule has 2 aliphatic rings. The molecule has 0 radical (unpaired) electrons. The lowest BCUT2D eigenvalue weighted by Gasteiger charge is -2.21. The molecule has 1 fully saturated rings. The molecule has 0 saturated carbocycles. The summed E-state index contributed by atoms with van der Waals surface area (Å²) in [5.41, 5.74) is 4.51. The molecule has 4 rings (SSSR count). The van der Waals surface area contributed by atoms with Gasteiger partial charge in [0.2, 0.25) is 5.91 Å². The molecule has 1 aliphatic heterocycles. The van der Waals surface area contributed by atoms with Crippen molar-refractivity contribution < 1.29 is 28.7 Å². The molecule has 9 heteroatoms. The second-order valence-electron chi connectivity index (χ2n) is 8.12. The molecular formula is C24H27N3O6. The highest BCUT2D eigenvalue weighted by molar-refractivity contribution is 5.85. The summed E-state index contributed by atoms with van der Waals surface area (Å²) < 4.78 is 10.2. The lowest BCUT2D eigenvalue weighted by Crippen LogP contribution is -2.51. The standard InChI is InChI=1S/C24H27N3O6/c1-14(22(28)26-21-12-20(23(29)31-3)33-27(21)2)25-24(30)32-13-19-17-10-6-4-8-15(17)16-9-5-7-11-18(16)19/h4-11,14,19-21H,12-13H2,1-3H3,(H,25,30)(H,26,28)/t14-,20+,21+/m0/s1. The smallest absolute Gasteiger partial charge is 0.407 e. The van der Waals surface area contributed by atoms with Gasteiger partial charge in [-0.05, 0) is 29.2 Å². The van der Waals surface area contributed by atoms with Crippen molar-refractivity contribution in [2.75, 3.05) is 20.8 Å². The van der Waals surface area contributed by atoms with Gasteiger partial charge in [-0.3, -0.25) is 9.63 Å². The number of benzene rings is 2. The van der Waals surface area contributed by atoms with E-state index in [2.05, 4.69) is 27.5 Å². The summed E-state index contributed by atoms with van der Waals surface area (Å²) in [5, 5.41) is 6.70. The van der Waals surface area contributed by atoms with Crippen molar-refractivity contribution in [3.63, 3.8) is 0 Å². The first-order valence-corrected chi connectivity index (χ1v) is 10.8. The number of fused-ring (bicyclic) bond motifs is 3. The van der Waals surface area contributed by atoms with Crippen LogP contribution in [0.25, 0.3) is 11.1 Å². The molecule has 2 aromatic rings. The number of hydrogen-bond acceptors (Lipinski definition) is 7. The van der Waals surface area contributed by atoms with Crippen molar-refractivity contribution in [2.24, 2.45) is 0 Å². The minimum atomic E-state index is -0.841. The monoisotopic (exact) mass is 453 g/mol. The van der Waals surface area contributed by atoms with Gasteiger partial charge in [-0.25, -0.2) is 9.59 Å². The Morgan fingerprint density at radius 3 is 2.30 bits per heavy atom. The molecule has 2 aromatic carbocycles. The number of amides is 2. The molecule has 9 nitrogen and oxygen atoms in total. The Morgan fingerprint density at radius 1 is 1.09 bits per heavy atom. The van der Waals surface area contributed by atoms with Gasteiger partial charge < -0.3 is 20.1 Å². The van der Waals surface area contributed by atoms with Gasteiger partial charge in [-0.15, -0.1) is 0 Å². The second kappa shape index (κ2) is 9.60. The van der Waals surface area contributed by atoms with Crippen molar-refractivity contribution in [2.45, 2.75) is 37.6 Å². The predicted molar refractivity (Wildman–Crippen MR) is 119 cm³/mol. The molecule has 1 heterocycles. The third-order valence-corrected chi connectivity index (χ3v) is 6.01. The molecular weight excluding hydrogens is 426 g/mol. The number of nitrogens with zero attached hydrogens (tertiary/aromatic N) is 1. The maximum Gasteiger partial charge on any atom is 0.407 e. The van der Waals surface area contributed by atoms with Gasteiger partial charge in [0.25, 0.3) is 0 Å². The maximum atomic E-state index is 12.5. The van der Waals surface area contributed by atoms with Gasteiger partial charge in [-0.1, -0.05) is 48.5 Å². The van der Waals surface area contributed by atoms with Gasteiger partial charge in [0, 0.05) is 19.4 Å². The predicted octanol–water partition coefficient (Wildman–Crippen LogP) is 2.16. The van der Waals surface area contributed by atoms with Crippen molar-refractivity contribution in [3.05, 3.63) is 59.7 Å². The SMILES string of the molecule is COC(=O)[C@H]1C[C@H](NC(=O)[C@H](C)NC(=O)OCC2c3ccccc3-c3ccccc32)N(C)O1. The quantitative estimate of drug-likeness (QED) is 0.646. The van der Waals surface area contributed by atoms with Crippen LogP contribution in [0.5, 0.6) is 0 Å². The molecule has 0 spiro atoms. The fourth-order valence-electron chi connectivity index (χ4n) is 4.26. The molecule has 1 saturated heterocycles. The first-order chi connectivity index (χ1) is 15.9. The van der Waals surface area contributed by atoms with Crippen LogP contribution in [0.2, 0.25) is 0 Å². The summed E-state index contributed by atoms with van der Waals surface area (Å²) in [4.78, 5) is 42.0. The maximum absolute atomic E-state index is 12.5. The molecule has 0 aromatic heterocycles. The Balaban J connectivity index is 1.30. The largest absolute Gasteiger partial charge is 0.467 e. The number of carbonyl (C=O) groups excluding carboxylic acids is 3. The molecule has 3 atom stereocenters. The van der Waals surface area contributed by atoms with Crippen LogP contribution in [0.3, 0.4) is 0 Å². The normalized spacial score (nSPS) is 20.5. The van der Waals surface area contributed by atoms with Crippen LogP contribution in [0.4, 0.5) is 4.79 Å². The summed E-state index contributed by atoms with van der Waals surface area (Å²) in [7, 11) is 2.88. The highest BCUT2D eigenvalue weighted by Gasteiger charge is 2.38. The highest BCUT2D eigenvalue weighted by Crippen LogP contribution is 2.44. The zero-order valence-electron chi connectivity index (χ0n) is 18.7. The Morgan fingerprint density at radius 2 is 1.70 bits per heavy atom.